The molecule has 3 rings (SSSR count). The maximum absolute atomic E-state index is 4.39. The van der Waals surface area contributed by atoms with Crippen LogP contribution in [0.2, 0.25) is 0 Å². The minimum absolute atomic E-state index is 0.805. The number of halogens is 1. The second-order valence-electron chi connectivity index (χ2n) is 5.38. The first-order chi connectivity index (χ1) is 8.33. The first-order valence-electron chi connectivity index (χ1n) is 6.76. The van der Waals surface area contributed by atoms with E-state index in [2.05, 4.69) is 36.8 Å². The molecular weight excluding hydrogens is 278 g/mol. The van der Waals surface area contributed by atoms with E-state index < -0.39 is 0 Å². The minimum Gasteiger partial charge on any atom is -0.278 e. The molecule has 0 radical (unpaired) electrons. The van der Waals surface area contributed by atoms with Crippen molar-refractivity contribution < 1.29 is 0 Å². The highest BCUT2D eigenvalue weighted by Crippen LogP contribution is 2.34. The van der Waals surface area contributed by atoms with E-state index in [1.54, 1.807) is 0 Å². The molecule has 0 aromatic carbocycles. The maximum atomic E-state index is 4.39. The van der Waals surface area contributed by atoms with Gasteiger partial charge in [-0.1, -0.05) is 19.3 Å². The summed E-state index contributed by atoms with van der Waals surface area (Å²) < 4.78 is 3.15. The number of rotatable bonds is 4. The Kier molecular flexibility index (Phi) is 3.52. The lowest BCUT2D eigenvalue weighted by Gasteiger charge is -2.34. The molecule has 1 heterocycles. The molecule has 0 bridgehead atoms. The fraction of sp³-hybridized carbons (Fsp3) is 0.769. The highest BCUT2D eigenvalue weighted by atomic mass is 79.9. The third kappa shape index (κ3) is 2.91. The highest BCUT2D eigenvalue weighted by Gasteiger charge is 2.34. The molecule has 0 aliphatic heterocycles. The van der Waals surface area contributed by atoms with Crippen LogP contribution in [-0.4, -0.2) is 26.8 Å². The van der Waals surface area contributed by atoms with E-state index in [4.69, 9.17) is 0 Å². The van der Waals surface area contributed by atoms with E-state index in [-0.39, 0.29) is 0 Å². The summed E-state index contributed by atoms with van der Waals surface area (Å²) in [7, 11) is 0. The van der Waals surface area contributed by atoms with E-state index >= 15 is 0 Å². The normalized spacial score (nSPS) is 22.2. The number of aromatic nitrogens is 2. The van der Waals surface area contributed by atoms with Gasteiger partial charge in [0.05, 0.1) is 17.3 Å². The minimum atomic E-state index is 0.805. The second-order valence-corrected chi connectivity index (χ2v) is 6.29. The fourth-order valence-corrected chi connectivity index (χ4v) is 3.26. The first kappa shape index (κ1) is 11.7. The topological polar surface area (TPSA) is 21.1 Å². The van der Waals surface area contributed by atoms with Crippen molar-refractivity contribution in [3.63, 3.8) is 0 Å². The lowest BCUT2D eigenvalue weighted by atomic mass is 9.94. The van der Waals surface area contributed by atoms with E-state index in [1.165, 1.54) is 44.9 Å². The molecule has 0 unspecified atom stereocenters. The van der Waals surface area contributed by atoms with Crippen LogP contribution in [0.15, 0.2) is 16.9 Å². The molecule has 1 aromatic rings. The summed E-state index contributed by atoms with van der Waals surface area (Å²) in [4.78, 5) is 2.69. The monoisotopic (exact) mass is 297 g/mol. The first-order valence-corrected chi connectivity index (χ1v) is 7.56. The van der Waals surface area contributed by atoms with E-state index in [0.29, 0.717) is 0 Å². The number of hydrogen-bond donors (Lipinski definition) is 0. The van der Waals surface area contributed by atoms with Crippen LogP contribution in [0, 0.1) is 0 Å². The van der Waals surface area contributed by atoms with Crippen LogP contribution in [0.1, 0.15) is 44.9 Å². The van der Waals surface area contributed by atoms with Gasteiger partial charge in [-0.25, -0.2) is 0 Å². The van der Waals surface area contributed by atoms with Gasteiger partial charge in [-0.3, -0.25) is 9.58 Å². The molecule has 94 valence electrons. The molecule has 4 heteroatoms. The van der Waals surface area contributed by atoms with Gasteiger partial charge in [0.1, 0.15) is 0 Å². The molecule has 2 aliphatic rings. The third-order valence-corrected chi connectivity index (χ3v) is 4.38. The molecule has 2 fully saturated rings. The highest BCUT2D eigenvalue weighted by molar-refractivity contribution is 9.10. The summed E-state index contributed by atoms with van der Waals surface area (Å²) in [5.74, 6) is 0. The summed E-state index contributed by atoms with van der Waals surface area (Å²) >= 11 is 3.47. The molecular formula is C13H20BrN3. The predicted octanol–water partition coefficient (Wildman–Crippen LogP) is 3.40. The number of hydrogen-bond acceptors (Lipinski definition) is 2. The van der Waals surface area contributed by atoms with Gasteiger partial charge in [0.25, 0.3) is 0 Å². The third-order valence-electron chi connectivity index (χ3n) is 3.97. The van der Waals surface area contributed by atoms with Crippen LogP contribution in [0.4, 0.5) is 0 Å². The summed E-state index contributed by atoms with van der Waals surface area (Å²) in [5.41, 5.74) is 0. The largest absolute Gasteiger partial charge is 0.278 e. The lowest BCUT2D eigenvalue weighted by molar-refractivity contribution is 0.104. The Morgan fingerprint density at radius 2 is 1.88 bits per heavy atom. The summed E-state index contributed by atoms with van der Waals surface area (Å²) in [6, 6.07) is 1.64. The van der Waals surface area contributed by atoms with Crippen molar-refractivity contribution in [3.8, 4) is 0 Å². The van der Waals surface area contributed by atoms with Crippen LogP contribution < -0.4 is 0 Å². The zero-order chi connectivity index (χ0) is 11.7. The molecule has 1 aromatic heterocycles. The van der Waals surface area contributed by atoms with Crippen molar-refractivity contribution in [1.29, 1.82) is 0 Å². The molecule has 17 heavy (non-hydrogen) atoms. The molecule has 0 amide bonds. The lowest BCUT2D eigenvalue weighted by Crippen LogP contribution is -2.39. The maximum Gasteiger partial charge on any atom is 0.0933 e. The Morgan fingerprint density at radius 3 is 2.47 bits per heavy atom. The molecule has 3 nitrogen and oxygen atoms in total. The Balaban J connectivity index is 1.67. The fourth-order valence-electron chi connectivity index (χ4n) is 2.93. The van der Waals surface area contributed by atoms with Gasteiger partial charge in [0.15, 0.2) is 0 Å². The van der Waals surface area contributed by atoms with Crippen molar-refractivity contribution in [2.24, 2.45) is 0 Å². The van der Waals surface area contributed by atoms with Crippen molar-refractivity contribution in [1.82, 2.24) is 14.7 Å². The summed E-state index contributed by atoms with van der Waals surface area (Å²) in [6.45, 7) is 0.973. The van der Waals surface area contributed by atoms with Gasteiger partial charge in [0, 0.05) is 18.3 Å². The smallest absolute Gasteiger partial charge is 0.0933 e. The van der Waals surface area contributed by atoms with Crippen LogP contribution in [0.3, 0.4) is 0 Å². The quantitative estimate of drug-likeness (QED) is 0.849. The van der Waals surface area contributed by atoms with Crippen molar-refractivity contribution >= 4 is 15.9 Å². The molecule has 2 aliphatic carbocycles. The van der Waals surface area contributed by atoms with Gasteiger partial charge in [-0.15, -0.1) is 0 Å². The summed E-state index contributed by atoms with van der Waals surface area (Å²) in [5, 5.41) is 4.39. The summed E-state index contributed by atoms with van der Waals surface area (Å²) in [6.07, 6.45) is 13.8. The SMILES string of the molecule is Brc1cnn(CN(C2CCCCC2)C2CC2)c1. The molecule has 2 saturated carbocycles. The van der Waals surface area contributed by atoms with Gasteiger partial charge in [-0.2, -0.15) is 5.10 Å². The second kappa shape index (κ2) is 5.11. The van der Waals surface area contributed by atoms with Crippen molar-refractivity contribution in [3.05, 3.63) is 16.9 Å². The average Bonchev–Trinajstić information content (AvgIpc) is 3.11. The zero-order valence-electron chi connectivity index (χ0n) is 10.2. The van der Waals surface area contributed by atoms with Crippen LogP contribution in [0.25, 0.3) is 0 Å². The van der Waals surface area contributed by atoms with Crippen LogP contribution in [0.5, 0.6) is 0 Å². The molecule has 0 saturated heterocycles. The van der Waals surface area contributed by atoms with Gasteiger partial charge in [-0.05, 0) is 41.6 Å². The molecule has 0 spiro atoms. The van der Waals surface area contributed by atoms with Gasteiger partial charge >= 0.3 is 0 Å². The van der Waals surface area contributed by atoms with Crippen molar-refractivity contribution in [2.45, 2.75) is 63.7 Å². The van der Waals surface area contributed by atoms with E-state index in [1.807, 2.05) is 6.20 Å². The van der Waals surface area contributed by atoms with Crippen molar-refractivity contribution in [2.75, 3.05) is 0 Å². The zero-order valence-corrected chi connectivity index (χ0v) is 11.8. The predicted molar refractivity (Wildman–Crippen MR) is 71.7 cm³/mol. The Morgan fingerprint density at radius 1 is 1.18 bits per heavy atom. The standard InChI is InChI=1S/C13H20BrN3/c14-11-8-15-16(9-11)10-17(13-6-7-13)12-4-2-1-3-5-12/h8-9,12-13H,1-7,10H2. The van der Waals surface area contributed by atoms with E-state index in [9.17, 15) is 0 Å². The van der Waals surface area contributed by atoms with Gasteiger partial charge in [0.2, 0.25) is 0 Å². The van der Waals surface area contributed by atoms with Gasteiger partial charge < -0.3 is 0 Å². The number of nitrogens with zero attached hydrogens (tertiary/aromatic N) is 3. The molecule has 0 N–H and O–H groups in total. The van der Waals surface area contributed by atoms with E-state index in [0.717, 1.165) is 23.2 Å². The Hall–Kier alpha value is -0.350. The average molecular weight is 298 g/mol. The Labute approximate surface area is 111 Å². The van der Waals surface area contributed by atoms with Crippen LogP contribution >= 0.6 is 15.9 Å². The van der Waals surface area contributed by atoms with Crippen LogP contribution in [-0.2, 0) is 6.67 Å². The molecule has 0 atom stereocenters. The Bertz CT molecular complexity index is 366.